The molecule has 2 amide bonds. The molecule has 7 nitrogen and oxygen atoms in total. The molecule has 0 aliphatic carbocycles. The molecular weight excluding hydrogens is 306 g/mol. The third kappa shape index (κ3) is 3.02. The zero-order valence-corrected chi connectivity index (χ0v) is 14.1. The average molecular weight is 327 g/mol. The van der Waals surface area contributed by atoms with E-state index in [1.165, 1.54) is 0 Å². The summed E-state index contributed by atoms with van der Waals surface area (Å²) in [5.41, 5.74) is 1.80. The number of hydrogen-bond donors (Lipinski definition) is 1. The van der Waals surface area contributed by atoms with E-state index in [1.807, 2.05) is 38.1 Å². The van der Waals surface area contributed by atoms with E-state index in [1.54, 1.807) is 16.6 Å². The molecule has 1 atom stereocenters. The Morgan fingerprint density at radius 2 is 2.04 bits per heavy atom. The van der Waals surface area contributed by atoms with Gasteiger partial charge in [0.25, 0.3) is 0 Å². The van der Waals surface area contributed by atoms with Gasteiger partial charge in [0.05, 0.1) is 12.5 Å². The van der Waals surface area contributed by atoms with Gasteiger partial charge in [-0.3, -0.25) is 9.59 Å². The van der Waals surface area contributed by atoms with Crippen molar-refractivity contribution < 1.29 is 9.59 Å². The fourth-order valence-electron chi connectivity index (χ4n) is 3.10. The number of nitrogens with zero attached hydrogens (tertiary/aromatic N) is 4. The van der Waals surface area contributed by atoms with E-state index < -0.39 is 5.92 Å². The number of anilines is 1. The number of nitrogens with one attached hydrogen (secondary N) is 1. The van der Waals surface area contributed by atoms with Gasteiger partial charge in [-0.25, -0.2) is 9.67 Å². The lowest BCUT2D eigenvalue weighted by Crippen LogP contribution is -2.31. The Bertz CT molecular complexity index is 783. The first-order valence-electron chi connectivity index (χ1n) is 7.98. The fourth-order valence-corrected chi connectivity index (χ4v) is 3.10. The lowest BCUT2D eigenvalue weighted by molar-refractivity contribution is -0.125. The van der Waals surface area contributed by atoms with Gasteiger partial charge in [-0.2, -0.15) is 5.10 Å². The Kier molecular flexibility index (Phi) is 4.33. The van der Waals surface area contributed by atoms with Gasteiger partial charge in [-0.1, -0.05) is 18.2 Å². The van der Waals surface area contributed by atoms with Gasteiger partial charge in [-0.05, 0) is 25.5 Å². The van der Waals surface area contributed by atoms with E-state index >= 15 is 0 Å². The predicted octanol–water partition coefficient (Wildman–Crippen LogP) is 1.16. The van der Waals surface area contributed by atoms with E-state index in [4.69, 9.17) is 0 Å². The van der Waals surface area contributed by atoms with Crippen LogP contribution in [0.25, 0.3) is 0 Å². The largest absolute Gasteiger partial charge is 0.354 e. The van der Waals surface area contributed by atoms with Crippen LogP contribution < -0.4 is 10.2 Å². The highest BCUT2D eigenvalue weighted by molar-refractivity contribution is 6.06. The average Bonchev–Trinajstić information content (AvgIpc) is 2.99. The number of amides is 2. The number of carbonyl (C=O) groups is 2. The summed E-state index contributed by atoms with van der Waals surface area (Å²) in [6.45, 7) is 4.74. The molecule has 2 aromatic rings. The molecule has 0 radical (unpaired) electrons. The van der Waals surface area contributed by atoms with Crippen LogP contribution >= 0.6 is 0 Å². The molecule has 0 fully saturated rings. The number of carbonyl (C=O) groups excluding carboxylic acids is 2. The van der Waals surface area contributed by atoms with Crippen molar-refractivity contribution >= 4 is 17.5 Å². The van der Waals surface area contributed by atoms with Gasteiger partial charge in [0.2, 0.25) is 11.8 Å². The Morgan fingerprint density at radius 3 is 2.75 bits per heavy atom. The van der Waals surface area contributed by atoms with E-state index in [0.29, 0.717) is 13.1 Å². The molecule has 1 aliphatic rings. The van der Waals surface area contributed by atoms with Crippen LogP contribution in [0.3, 0.4) is 0 Å². The smallest absolute Gasteiger partial charge is 0.234 e. The van der Waals surface area contributed by atoms with Crippen LogP contribution in [-0.2, 0) is 16.1 Å². The number of hydrogen-bond acceptors (Lipinski definition) is 4. The van der Waals surface area contributed by atoms with E-state index in [0.717, 1.165) is 22.9 Å². The summed E-state index contributed by atoms with van der Waals surface area (Å²) in [4.78, 5) is 30.4. The molecule has 0 bridgehead atoms. The van der Waals surface area contributed by atoms with Crippen LogP contribution in [0.5, 0.6) is 0 Å². The maximum absolute atomic E-state index is 12.4. The maximum Gasteiger partial charge on any atom is 0.234 e. The molecule has 0 unspecified atom stereocenters. The minimum absolute atomic E-state index is 0.0332. The monoisotopic (exact) mass is 327 g/mol. The second-order valence-electron chi connectivity index (χ2n) is 5.99. The minimum Gasteiger partial charge on any atom is -0.354 e. The van der Waals surface area contributed by atoms with E-state index in [-0.39, 0.29) is 18.2 Å². The molecule has 1 N–H and O–H groups in total. The second-order valence-corrected chi connectivity index (χ2v) is 5.99. The fraction of sp³-hybridized carbons (Fsp3) is 0.412. The van der Waals surface area contributed by atoms with Crippen LogP contribution in [0.2, 0.25) is 0 Å². The number of benzene rings is 1. The van der Waals surface area contributed by atoms with Crippen LogP contribution in [0.15, 0.2) is 24.3 Å². The maximum atomic E-state index is 12.4. The van der Waals surface area contributed by atoms with Crippen molar-refractivity contribution in [3.63, 3.8) is 0 Å². The first-order valence-corrected chi connectivity index (χ1v) is 7.98. The molecule has 0 saturated heterocycles. The summed E-state index contributed by atoms with van der Waals surface area (Å²) < 4.78 is 1.76. The number of para-hydroxylation sites is 1. The molecule has 1 aliphatic heterocycles. The molecule has 24 heavy (non-hydrogen) atoms. The number of rotatable bonds is 5. The van der Waals surface area contributed by atoms with Crippen molar-refractivity contribution in [1.29, 1.82) is 0 Å². The first-order chi connectivity index (χ1) is 11.5. The number of aryl methyl sites for hydroxylation is 2. The van der Waals surface area contributed by atoms with Crippen LogP contribution in [0.4, 0.5) is 5.69 Å². The SMILES string of the molecule is Cc1nc(C)n(CCNC(=O)C[C@H]2C(=O)N(C)c3ccccc32)n1. The van der Waals surface area contributed by atoms with Crippen molar-refractivity contribution in [3.05, 3.63) is 41.5 Å². The molecule has 126 valence electrons. The van der Waals surface area contributed by atoms with Crippen molar-refractivity contribution in [2.24, 2.45) is 0 Å². The third-order valence-electron chi connectivity index (χ3n) is 4.30. The van der Waals surface area contributed by atoms with Crippen molar-refractivity contribution in [1.82, 2.24) is 20.1 Å². The van der Waals surface area contributed by atoms with Crippen molar-refractivity contribution in [2.75, 3.05) is 18.5 Å². The first kappa shape index (κ1) is 16.2. The normalized spacial score (nSPS) is 16.4. The summed E-state index contributed by atoms with van der Waals surface area (Å²) in [6, 6.07) is 7.61. The highest BCUT2D eigenvalue weighted by Gasteiger charge is 2.35. The number of fused-ring (bicyclic) bond motifs is 1. The Morgan fingerprint density at radius 1 is 1.29 bits per heavy atom. The molecule has 1 aromatic carbocycles. The summed E-state index contributed by atoms with van der Waals surface area (Å²) in [7, 11) is 1.74. The van der Waals surface area contributed by atoms with Crippen LogP contribution in [0.1, 0.15) is 29.6 Å². The van der Waals surface area contributed by atoms with E-state index in [9.17, 15) is 9.59 Å². The number of likely N-dealkylation sites (N-methyl/N-ethyl adjacent to an activating group) is 1. The highest BCUT2D eigenvalue weighted by atomic mass is 16.2. The summed E-state index contributed by atoms with van der Waals surface area (Å²) in [6.07, 6.45) is 0.162. The van der Waals surface area contributed by atoms with Gasteiger partial charge in [-0.15, -0.1) is 0 Å². The highest BCUT2D eigenvalue weighted by Crippen LogP contribution is 2.37. The van der Waals surface area contributed by atoms with Gasteiger partial charge < -0.3 is 10.2 Å². The zero-order valence-electron chi connectivity index (χ0n) is 14.1. The van der Waals surface area contributed by atoms with E-state index in [2.05, 4.69) is 15.4 Å². The van der Waals surface area contributed by atoms with Crippen molar-refractivity contribution in [3.8, 4) is 0 Å². The zero-order chi connectivity index (χ0) is 17.3. The lowest BCUT2D eigenvalue weighted by atomic mass is 9.97. The second kappa shape index (κ2) is 6.43. The van der Waals surface area contributed by atoms with Crippen molar-refractivity contribution in [2.45, 2.75) is 32.7 Å². The standard InChI is InChI=1S/C17H21N5O2/c1-11-19-12(2)22(20-11)9-8-18-16(23)10-14-13-6-4-5-7-15(13)21(3)17(14)24/h4-7,14H,8-10H2,1-3H3,(H,18,23)/t14-/m1/s1. The molecule has 0 spiro atoms. The van der Waals surface area contributed by atoms with Gasteiger partial charge >= 0.3 is 0 Å². The van der Waals surface area contributed by atoms with Gasteiger partial charge in [0.15, 0.2) is 0 Å². The van der Waals surface area contributed by atoms with Crippen LogP contribution in [0, 0.1) is 13.8 Å². The van der Waals surface area contributed by atoms with Gasteiger partial charge in [0, 0.05) is 25.7 Å². The molecule has 0 saturated carbocycles. The molecular formula is C17H21N5O2. The van der Waals surface area contributed by atoms with Gasteiger partial charge in [0.1, 0.15) is 11.6 Å². The summed E-state index contributed by atoms with van der Waals surface area (Å²) >= 11 is 0. The molecule has 3 rings (SSSR count). The van der Waals surface area contributed by atoms with Crippen LogP contribution in [-0.4, -0.2) is 40.2 Å². The third-order valence-corrected chi connectivity index (χ3v) is 4.30. The quantitative estimate of drug-likeness (QED) is 0.894. The summed E-state index contributed by atoms with van der Waals surface area (Å²) in [5, 5.41) is 7.12. The lowest BCUT2D eigenvalue weighted by Gasteiger charge is -2.11. The minimum atomic E-state index is -0.401. The Labute approximate surface area is 140 Å². The topological polar surface area (TPSA) is 80.1 Å². The predicted molar refractivity (Wildman–Crippen MR) is 89.7 cm³/mol. The summed E-state index contributed by atoms with van der Waals surface area (Å²) in [5.74, 6) is 0.974. The molecule has 2 heterocycles. The Hall–Kier alpha value is -2.70. The molecule has 1 aromatic heterocycles. The molecule has 7 heteroatoms. The number of aromatic nitrogens is 3. The Balaban J connectivity index is 1.57.